The van der Waals surface area contributed by atoms with E-state index >= 15 is 0 Å². The topological polar surface area (TPSA) is 47.2 Å². The number of nitrogens with zero attached hydrogens (tertiary/aromatic N) is 2. The molecule has 100 valence electrons. The smallest absolute Gasteiger partial charge is 0.328 e. The molecule has 1 fully saturated rings. The normalized spacial score (nSPS) is 16.5. The monoisotopic (exact) mass is 258 g/mol. The summed E-state index contributed by atoms with van der Waals surface area (Å²) in [6.07, 6.45) is 5.12. The number of aliphatic hydroxyl groups is 1. The first kappa shape index (κ1) is 12.2. The molecule has 0 radical (unpaired) electrons. The molecule has 0 bridgehead atoms. The average molecular weight is 258 g/mol. The number of imidazole rings is 1. The molecule has 1 aromatic carbocycles. The third kappa shape index (κ3) is 2.36. The van der Waals surface area contributed by atoms with Crippen LogP contribution in [0.2, 0.25) is 0 Å². The third-order valence-electron chi connectivity index (χ3n) is 3.73. The second kappa shape index (κ2) is 4.70. The van der Waals surface area contributed by atoms with Gasteiger partial charge in [-0.1, -0.05) is 24.3 Å². The molecule has 4 heteroatoms. The van der Waals surface area contributed by atoms with Crippen LogP contribution in [0.25, 0.3) is 0 Å². The molecule has 1 saturated carbocycles. The van der Waals surface area contributed by atoms with Crippen LogP contribution >= 0.6 is 0 Å². The van der Waals surface area contributed by atoms with Gasteiger partial charge >= 0.3 is 5.69 Å². The SMILES string of the molecule is Cc1ccccc1C(O)Cn1ccn(C2CC2)c1=O. The Hall–Kier alpha value is -1.81. The number of aryl methyl sites for hydroxylation is 1. The van der Waals surface area contributed by atoms with E-state index in [1.807, 2.05) is 37.4 Å². The van der Waals surface area contributed by atoms with Gasteiger partial charge in [-0.3, -0.25) is 9.13 Å². The summed E-state index contributed by atoms with van der Waals surface area (Å²) in [7, 11) is 0. The van der Waals surface area contributed by atoms with Gasteiger partial charge in [0.2, 0.25) is 0 Å². The van der Waals surface area contributed by atoms with Crippen LogP contribution < -0.4 is 5.69 Å². The van der Waals surface area contributed by atoms with Gasteiger partial charge in [0.1, 0.15) is 0 Å². The highest BCUT2D eigenvalue weighted by atomic mass is 16.3. The van der Waals surface area contributed by atoms with Gasteiger partial charge in [-0.05, 0) is 30.9 Å². The molecule has 1 aliphatic carbocycles. The molecular formula is C15H18N2O2. The zero-order valence-corrected chi connectivity index (χ0v) is 11.0. The molecular weight excluding hydrogens is 240 g/mol. The van der Waals surface area contributed by atoms with Crippen molar-refractivity contribution in [3.05, 3.63) is 58.3 Å². The van der Waals surface area contributed by atoms with Gasteiger partial charge in [0.25, 0.3) is 0 Å². The van der Waals surface area contributed by atoms with Gasteiger partial charge in [0.05, 0.1) is 12.6 Å². The minimum Gasteiger partial charge on any atom is -0.387 e. The first-order chi connectivity index (χ1) is 9.16. The highest BCUT2D eigenvalue weighted by molar-refractivity contribution is 5.27. The third-order valence-corrected chi connectivity index (χ3v) is 3.73. The molecule has 1 N–H and O–H groups in total. The molecule has 19 heavy (non-hydrogen) atoms. The van der Waals surface area contributed by atoms with E-state index in [0.717, 1.165) is 24.0 Å². The molecule has 0 aliphatic heterocycles. The molecule has 1 aliphatic rings. The standard InChI is InChI=1S/C15H18N2O2/c1-11-4-2-3-5-13(11)14(18)10-16-8-9-17(15(16)19)12-6-7-12/h2-5,8-9,12,14,18H,6-7,10H2,1H3. The Balaban J connectivity index is 1.81. The van der Waals surface area contributed by atoms with Crippen LogP contribution in [0.4, 0.5) is 0 Å². The number of hydrogen-bond acceptors (Lipinski definition) is 2. The fraction of sp³-hybridized carbons (Fsp3) is 0.400. The van der Waals surface area contributed by atoms with Crippen molar-refractivity contribution in [3.63, 3.8) is 0 Å². The van der Waals surface area contributed by atoms with E-state index in [4.69, 9.17) is 0 Å². The number of aliphatic hydroxyl groups excluding tert-OH is 1. The molecule has 1 aromatic heterocycles. The number of benzene rings is 1. The summed E-state index contributed by atoms with van der Waals surface area (Å²) in [5.74, 6) is 0. The van der Waals surface area contributed by atoms with Gasteiger partial charge in [-0.15, -0.1) is 0 Å². The first-order valence-corrected chi connectivity index (χ1v) is 6.67. The zero-order chi connectivity index (χ0) is 13.4. The van der Waals surface area contributed by atoms with E-state index in [0.29, 0.717) is 12.6 Å². The summed E-state index contributed by atoms with van der Waals surface area (Å²) in [6, 6.07) is 8.11. The lowest BCUT2D eigenvalue weighted by Gasteiger charge is -2.13. The van der Waals surface area contributed by atoms with E-state index in [2.05, 4.69) is 0 Å². The molecule has 1 atom stereocenters. The Morgan fingerprint density at radius 1 is 1.32 bits per heavy atom. The van der Waals surface area contributed by atoms with Crippen LogP contribution in [0.1, 0.15) is 36.1 Å². The maximum atomic E-state index is 12.1. The first-order valence-electron chi connectivity index (χ1n) is 6.67. The molecule has 0 saturated heterocycles. The van der Waals surface area contributed by atoms with E-state index < -0.39 is 6.10 Å². The van der Waals surface area contributed by atoms with Gasteiger partial charge in [-0.2, -0.15) is 0 Å². The second-order valence-electron chi connectivity index (χ2n) is 5.24. The lowest BCUT2D eigenvalue weighted by Crippen LogP contribution is -2.25. The van der Waals surface area contributed by atoms with Crippen molar-refractivity contribution in [2.24, 2.45) is 0 Å². The second-order valence-corrected chi connectivity index (χ2v) is 5.24. The van der Waals surface area contributed by atoms with Crippen LogP contribution in [0.3, 0.4) is 0 Å². The van der Waals surface area contributed by atoms with Crippen LogP contribution in [0.5, 0.6) is 0 Å². The largest absolute Gasteiger partial charge is 0.387 e. The highest BCUT2D eigenvalue weighted by Crippen LogP contribution is 2.33. The van der Waals surface area contributed by atoms with E-state index in [-0.39, 0.29) is 5.69 Å². The van der Waals surface area contributed by atoms with Crippen molar-refractivity contribution < 1.29 is 5.11 Å². The quantitative estimate of drug-likeness (QED) is 0.912. The summed E-state index contributed by atoms with van der Waals surface area (Å²) < 4.78 is 3.36. The van der Waals surface area contributed by atoms with E-state index in [9.17, 15) is 9.90 Å². The van der Waals surface area contributed by atoms with Crippen molar-refractivity contribution in [1.82, 2.24) is 9.13 Å². The lowest BCUT2D eigenvalue weighted by molar-refractivity contribution is 0.154. The van der Waals surface area contributed by atoms with E-state index in [1.165, 1.54) is 0 Å². The fourth-order valence-electron chi connectivity index (χ4n) is 2.44. The van der Waals surface area contributed by atoms with Crippen LogP contribution in [-0.2, 0) is 6.54 Å². The predicted molar refractivity (Wildman–Crippen MR) is 73.1 cm³/mol. The maximum Gasteiger partial charge on any atom is 0.328 e. The molecule has 4 nitrogen and oxygen atoms in total. The zero-order valence-electron chi connectivity index (χ0n) is 11.0. The van der Waals surface area contributed by atoms with Crippen LogP contribution in [0.15, 0.2) is 41.5 Å². The predicted octanol–water partition coefficient (Wildman–Crippen LogP) is 2.03. The average Bonchev–Trinajstić information content (AvgIpc) is 3.17. The molecule has 1 unspecified atom stereocenters. The summed E-state index contributed by atoms with van der Waals surface area (Å²) in [5.41, 5.74) is 1.91. The minimum absolute atomic E-state index is 0.0184. The maximum absolute atomic E-state index is 12.1. The van der Waals surface area contributed by atoms with Crippen molar-refractivity contribution in [2.45, 2.75) is 38.5 Å². The van der Waals surface area contributed by atoms with Crippen molar-refractivity contribution in [2.75, 3.05) is 0 Å². The summed E-state index contributed by atoms with van der Waals surface area (Å²) in [5, 5.41) is 10.3. The summed E-state index contributed by atoms with van der Waals surface area (Å²) >= 11 is 0. The van der Waals surface area contributed by atoms with Crippen LogP contribution in [0, 0.1) is 6.92 Å². The van der Waals surface area contributed by atoms with Gasteiger partial charge in [0.15, 0.2) is 0 Å². The van der Waals surface area contributed by atoms with Gasteiger partial charge in [-0.25, -0.2) is 4.79 Å². The van der Waals surface area contributed by atoms with Crippen molar-refractivity contribution in [1.29, 1.82) is 0 Å². The van der Waals surface area contributed by atoms with Crippen molar-refractivity contribution in [3.8, 4) is 0 Å². The molecule has 0 amide bonds. The Kier molecular flexibility index (Phi) is 3.03. The number of aromatic nitrogens is 2. The minimum atomic E-state index is -0.644. The van der Waals surface area contributed by atoms with Crippen molar-refractivity contribution >= 4 is 0 Å². The molecule has 1 heterocycles. The Morgan fingerprint density at radius 3 is 2.74 bits per heavy atom. The summed E-state index contributed by atoms with van der Waals surface area (Å²) in [4.78, 5) is 12.1. The number of rotatable bonds is 4. The fourth-order valence-corrected chi connectivity index (χ4v) is 2.44. The Labute approximate surface area is 111 Å². The number of hydrogen-bond donors (Lipinski definition) is 1. The van der Waals surface area contributed by atoms with Gasteiger partial charge < -0.3 is 5.11 Å². The lowest BCUT2D eigenvalue weighted by atomic mass is 10.0. The Morgan fingerprint density at radius 2 is 2.05 bits per heavy atom. The highest BCUT2D eigenvalue weighted by Gasteiger charge is 2.25. The molecule has 3 rings (SSSR count). The van der Waals surface area contributed by atoms with Crippen LogP contribution in [-0.4, -0.2) is 14.2 Å². The van der Waals surface area contributed by atoms with E-state index in [1.54, 1.807) is 15.3 Å². The molecule has 0 spiro atoms. The van der Waals surface area contributed by atoms with Gasteiger partial charge in [0, 0.05) is 18.4 Å². The molecule has 2 aromatic rings. The Bertz CT molecular complexity index is 638. The summed E-state index contributed by atoms with van der Waals surface area (Å²) in [6.45, 7) is 2.28.